The normalized spacial score (nSPS) is 10.9. The molecule has 0 fully saturated rings. The molecule has 19 heavy (non-hydrogen) atoms. The molecule has 108 valence electrons. The zero-order valence-electron chi connectivity index (χ0n) is 11.4. The molecule has 0 amide bonds. The van der Waals surface area contributed by atoms with Gasteiger partial charge in [-0.2, -0.15) is 0 Å². The molecule has 0 saturated heterocycles. The van der Waals surface area contributed by atoms with Crippen molar-refractivity contribution in [2.75, 3.05) is 13.1 Å². The molecule has 1 aromatic rings. The first kappa shape index (κ1) is 18.1. The molecule has 1 rings (SSSR count). The van der Waals surface area contributed by atoms with Crippen LogP contribution < -0.4 is 11.1 Å². The van der Waals surface area contributed by atoms with Gasteiger partial charge in [-0.25, -0.2) is 4.39 Å². The molecule has 0 bridgehead atoms. The second-order valence-corrected chi connectivity index (χ2v) is 4.28. The van der Waals surface area contributed by atoms with Gasteiger partial charge in [-0.1, -0.05) is 25.5 Å². The number of hydrogen-bond donors (Lipinski definition) is 2. The molecule has 3 N–H and O–H groups in total. The Morgan fingerprint density at radius 2 is 2.16 bits per heavy atom. The summed E-state index contributed by atoms with van der Waals surface area (Å²) < 4.78 is 12.9. The Kier molecular flexibility index (Phi) is 10.5. The van der Waals surface area contributed by atoms with E-state index in [1.54, 1.807) is 12.1 Å². The molecule has 0 aliphatic carbocycles. The minimum absolute atomic E-state index is 0. The maximum atomic E-state index is 12.9. The number of unbranched alkanes of at least 4 members (excludes halogenated alkanes) is 1. The van der Waals surface area contributed by atoms with E-state index in [2.05, 4.69) is 17.2 Å². The number of guanidine groups is 1. The Morgan fingerprint density at radius 3 is 2.84 bits per heavy atom. The van der Waals surface area contributed by atoms with Gasteiger partial charge in [-0.15, -0.1) is 24.0 Å². The number of aliphatic imine (C=N–C) groups is 1. The Morgan fingerprint density at radius 1 is 1.37 bits per heavy atom. The van der Waals surface area contributed by atoms with Gasteiger partial charge in [0.2, 0.25) is 0 Å². The van der Waals surface area contributed by atoms with Gasteiger partial charge in [0.1, 0.15) is 5.82 Å². The van der Waals surface area contributed by atoms with Crippen LogP contribution in [0.2, 0.25) is 0 Å². The van der Waals surface area contributed by atoms with Crippen LogP contribution in [0.4, 0.5) is 4.39 Å². The molecule has 0 spiro atoms. The topological polar surface area (TPSA) is 50.4 Å². The van der Waals surface area contributed by atoms with Gasteiger partial charge >= 0.3 is 0 Å². The van der Waals surface area contributed by atoms with E-state index in [0.29, 0.717) is 12.5 Å². The van der Waals surface area contributed by atoms with E-state index in [1.807, 2.05) is 6.07 Å². The third kappa shape index (κ3) is 8.80. The summed E-state index contributed by atoms with van der Waals surface area (Å²) in [5.41, 5.74) is 6.70. The van der Waals surface area contributed by atoms with Crippen LogP contribution in [-0.2, 0) is 6.42 Å². The highest BCUT2D eigenvalue weighted by Crippen LogP contribution is 2.05. The van der Waals surface area contributed by atoms with Gasteiger partial charge in [0.05, 0.1) is 0 Å². The molecule has 0 aliphatic rings. The first-order valence-electron chi connectivity index (χ1n) is 6.50. The van der Waals surface area contributed by atoms with Crippen LogP contribution in [0.5, 0.6) is 0 Å². The average molecular weight is 379 g/mol. The lowest BCUT2D eigenvalue weighted by Crippen LogP contribution is -2.32. The average Bonchev–Trinajstić information content (AvgIpc) is 2.35. The van der Waals surface area contributed by atoms with E-state index in [4.69, 9.17) is 5.73 Å². The quantitative estimate of drug-likeness (QED) is 0.331. The molecule has 0 aromatic heterocycles. The van der Waals surface area contributed by atoms with E-state index in [9.17, 15) is 4.39 Å². The third-order valence-corrected chi connectivity index (χ3v) is 2.63. The molecular weight excluding hydrogens is 356 g/mol. The van der Waals surface area contributed by atoms with Crippen molar-refractivity contribution in [1.82, 2.24) is 5.32 Å². The summed E-state index contributed by atoms with van der Waals surface area (Å²) in [5, 5.41) is 3.06. The fraction of sp³-hybridized carbons (Fsp3) is 0.500. The summed E-state index contributed by atoms with van der Waals surface area (Å²) in [5.74, 6) is 0.319. The van der Waals surface area contributed by atoms with Crippen LogP contribution in [0, 0.1) is 5.82 Å². The van der Waals surface area contributed by atoms with E-state index in [1.165, 1.54) is 6.07 Å². The standard InChI is InChI=1S/C14H22FN3.HI/c1-2-3-9-17-14(16)18-10-5-7-12-6-4-8-13(15)11-12;/h4,6,8,11H,2-3,5,7,9-10H2,1H3,(H3,16,17,18);1H. The molecular formula is C14H23FIN3. The number of hydrogen-bond acceptors (Lipinski definition) is 1. The summed E-state index contributed by atoms with van der Waals surface area (Å²) in [6, 6.07) is 6.67. The fourth-order valence-electron chi connectivity index (χ4n) is 1.62. The predicted molar refractivity (Wildman–Crippen MR) is 89.5 cm³/mol. The summed E-state index contributed by atoms with van der Waals surface area (Å²) in [6.07, 6.45) is 3.93. The minimum Gasteiger partial charge on any atom is -0.370 e. The first-order valence-corrected chi connectivity index (χ1v) is 6.50. The molecule has 0 atom stereocenters. The second-order valence-electron chi connectivity index (χ2n) is 4.28. The molecule has 0 saturated carbocycles. The van der Waals surface area contributed by atoms with Crippen molar-refractivity contribution in [3.8, 4) is 0 Å². The first-order chi connectivity index (χ1) is 8.72. The zero-order valence-corrected chi connectivity index (χ0v) is 13.7. The molecule has 0 unspecified atom stereocenters. The van der Waals surface area contributed by atoms with E-state index < -0.39 is 0 Å². The smallest absolute Gasteiger partial charge is 0.188 e. The van der Waals surface area contributed by atoms with Crippen molar-refractivity contribution in [2.45, 2.75) is 32.6 Å². The van der Waals surface area contributed by atoms with Gasteiger partial charge in [-0.3, -0.25) is 4.99 Å². The maximum Gasteiger partial charge on any atom is 0.188 e. The van der Waals surface area contributed by atoms with Crippen molar-refractivity contribution in [2.24, 2.45) is 10.7 Å². The monoisotopic (exact) mass is 379 g/mol. The van der Waals surface area contributed by atoms with Crippen LogP contribution in [0.25, 0.3) is 0 Å². The SMILES string of the molecule is CCCCNC(N)=NCCCc1cccc(F)c1.I. The second kappa shape index (κ2) is 11.0. The summed E-state index contributed by atoms with van der Waals surface area (Å²) in [4.78, 5) is 4.22. The van der Waals surface area contributed by atoms with Crippen molar-refractivity contribution in [3.05, 3.63) is 35.6 Å². The van der Waals surface area contributed by atoms with Crippen molar-refractivity contribution in [3.63, 3.8) is 0 Å². The maximum absolute atomic E-state index is 12.9. The zero-order chi connectivity index (χ0) is 13.2. The number of nitrogens with one attached hydrogen (secondary N) is 1. The van der Waals surface area contributed by atoms with Gasteiger partial charge in [0.15, 0.2) is 5.96 Å². The highest BCUT2D eigenvalue weighted by Gasteiger charge is 1.95. The lowest BCUT2D eigenvalue weighted by molar-refractivity contribution is 0.624. The van der Waals surface area contributed by atoms with E-state index in [0.717, 1.165) is 37.8 Å². The highest BCUT2D eigenvalue weighted by molar-refractivity contribution is 14.0. The summed E-state index contributed by atoms with van der Waals surface area (Å²) in [7, 11) is 0. The van der Waals surface area contributed by atoms with Gasteiger partial charge in [0, 0.05) is 13.1 Å². The van der Waals surface area contributed by atoms with Crippen LogP contribution in [0.15, 0.2) is 29.3 Å². The van der Waals surface area contributed by atoms with Gasteiger partial charge in [0.25, 0.3) is 0 Å². The fourth-order valence-corrected chi connectivity index (χ4v) is 1.62. The Bertz CT molecular complexity index is 383. The highest BCUT2D eigenvalue weighted by atomic mass is 127. The number of halogens is 2. The molecule has 5 heteroatoms. The largest absolute Gasteiger partial charge is 0.370 e. The number of aryl methyl sites for hydroxylation is 1. The van der Waals surface area contributed by atoms with Crippen molar-refractivity contribution < 1.29 is 4.39 Å². The minimum atomic E-state index is -0.184. The number of nitrogens with zero attached hydrogens (tertiary/aromatic N) is 1. The predicted octanol–water partition coefficient (Wildman–Crippen LogP) is 3.08. The Balaban J connectivity index is 0.00000324. The van der Waals surface area contributed by atoms with Crippen LogP contribution >= 0.6 is 24.0 Å². The molecule has 3 nitrogen and oxygen atoms in total. The lowest BCUT2D eigenvalue weighted by atomic mass is 10.1. The van der Waals surface area contributed by atoms with Crippen molar-refractivity contribution >= 4 is 29.9 Å². The Hall–Kier alpha value is -0.850. The summed E-state index contributed by atoms with van der Waals surface area (Å²) >= 11 is 0. The summed E-state index contributed by atoms with van der Waals surface area (Å²) in [6.45, 7) is 3.67. The molecule has 1 aromatic carbocycles. The molecule has 0 heterocycles. The number of nitrogens with two attached hydrogens (primary N) is 1. The van der Waals surface area contributed by atoms with Crippen molar-refractivity contribution in [1.29, 1.82) is 0 Å². The number of benzene rings is 1. The molecule has 0 radical (unpaired) electrons. The van der Waals surface area contributed by atoms with Crippen LogP contribution in [0.3, 0.4) is 0 Å². The van der Waals surface area contributed by atoms with Gasteiger partial charge < -0.3 is 11.1 Å². The Labute approximate surface area is 131 Å². The molecule has 0 aliphatic heterocycles. The van der Waals surface area contributed by atoms with E-state index >= 15 is 0 Å². The van der Waals surface area contributed by atoms with E-state index in [-0.39, 0.29) is 29.8 Å². The lowest BCUT2D eigenvalue weighted by Gasteiger charge is -2.04. The van der Waals surface area contributed by atoms with Crippen LogP contribution in [-0.4, -0.2) is 19.0 Å². The van der Waals surface area contributed by atoms with Gasteiger partial charge in [-0.05, 0) is 37.0 Å². The number of rotatable bonds is 7. The third-order valence-electron chi connectivity index (χ3n) is 2.63. The van der Waals surface area contributed by atoms with Crippen LogP contribution in [0.1, 0.15) is 31.7 Å².